The van der Waals surface area contributed by atoms with Crippen LogP contribution >= 0.6 is 15.9 Å². The molecule has 0 aliphatic rings. The van der Waals surface area contributed by atoms with Crippen LogP contribution in [-0.4, -0.2) is 26.9 Å². The van der Waals surface area contributed by atoms with Crippen LogP contribution in [0.2, 0.25) is 0 Å². The first-order valence-corrected chi connectivity index (χ1v) is 8.18. The van der Waals surface area contributed by atoms with E-state index in [0.717, 1.165) is 42.9 Å². The highest BCUT2D eigenvalue weighted by Gasteiger charge is 2.07. The smallest absolute Gasteiger partial charge is 0.137 e. The molecule has 1 rings (SSSR count). The van der Waals surface area contributed by atoms with Crippen LogP contribution in [0.25, 0.3) is 0 Å². The fourth-order valence-corrected chi connectivity index (χ4v) is 2.48. The molecule has 0 bridgehead atoms. The van der Waals surface area contributed by atoms with Gasteiger partial charge in [0.1, 0.15) is 5.75 Å². The molecule has 0 radical (unpaired) electrons. The Bertz CT molecular complexity index is 371. The minimum Gasteiger partial charge on any atom is -0.492 e. The van der Waals surface area contributed by atoms with Crippen molar-refractivity contribution in [2.75, 3.05) is 26.9 Å². The third-order valence-corrected chi connectivity index (χ3v) is 3.72. The Balaban J connectivity index is 2.45. The van der Waals surface area contributed by atoms with Crippen molar-refractivity contribution < 1.29 is 9.47 Å². The van der Waals surface area contributed by atoms with Gasteiger partial charge in [0.05, 0.1) is 17.7 Å². The third-order valence-electron chi connectivity index (χ3n) is 3.09. The van der Waals surface area contributed by atoms with Gasteiger partial charge in [-0.05, 0) is 28.4 Å². The van der Waals surface area contributed by atoms with Gasteiger partial charge < -0.3 is 14.8 Å². The topological polar surface area (TPSA) is 30.5 Å². The SMILES string of the molecule is CCCCCCOc1c(Br)cccc1CNCCOC. The quantitative estimate of drug-likeness (QED) is 0.612. The van der Waals surface area contributed by atoms with E-state index in [4.69, 9.17) is 9.47 Å². The molecular formula is C16H26BrNO2. The second kappa shape index (κ2) is 11.1. The number of benzene rings is 1. The number of para-hydroxylation sites is 1. The summed E-state index contributed by atoms with van der Waals surface area (Å²) < 4.78 is 12.0. The van der Waals surface area contributed by atoms with E-state index in [2.05, 4.69) is 34.2 Å². The molecule has 20 heavy (non-hydrogen) atoms. The first-order valence-electron chi connectivity index (χ1n) is 7.39. The van der Waals surface area contributed by atoms with E-state index in [0.29, 0.717) is 0 Å². The normalized spacial score (nSPS) is 10.8. The first-order chi connectivity index (χ1) is 9.79. The zero-order valence-corrected chi connectivity index (χ0v) is 14.2. The lowest BCUT2D eigenvalue weighted by Crippen LogP contribution is -2.19. The maximum atomic E-state index is 5.95. The van der Waals surface area contributed by atoms with E-state index in [9.17, 15) is 0 Å². The van der Waals surface area contributed by atoms with Gasteiger partial charge in [-0.3, -0.25) is 0 Å². The molecule has 0 amide bonds. The van der Waals surface area contributed by atoms with Crippen LogP contribution in [0.4, 0.5) is 0 Å². The highest BCUT2D eigenvalue weighted by molar-refractivity contribution is 9.10. The Morgan fingerprint density at radius 2 is 2.00 bits per heavy atom. The van der Waals surface area contributed by atoms with Crippen molar-refractivity contribution in [3.05, 3.63) is 28.2 Å². The molecule has 0 aliphatic carbocycles. The minimum atomic E-state index is 0.723. The van der Waals surface area contributed by atoms with Crippen LogP contribution < -0.4 is 10.1 Å². The van der Waals surface area contributed by atoms with E-state index in [1.165, 1.54) is 24.8 Å². The lowest BCUT2D eigenvalue weighted by atomic mass is 10.2. The molecule has 0 heterocycles. The molecule has 1 aromatic carbocycles. The monoisotopic (exact) mass is 343 g/mol. The summed E-state index contributed by atoms with van der Waals surface area (Å²) in [5.74, 6) is 0.967. The molecule has 0 fully saturated rings. The minimum absolute atomic E-state index is 0.723. The summed E-state index contributed by atoms with van der Waals surface area (Å²) in [6, 6.07) is 6.17. The molecule has 0 saturated carbocycles. The van der Waals surface area contributed by atoms with E-state index < -0.39 is 0 Å². The van der Waals surface area contributed by atoms with Crippen molar-refractivity contribution in [2.24, 2.45) is 0 Å². The van der Waals surface area contributed by atoms with E-state index in [1.807, 2.05) is 12.1 Å². The van der Waals surface area contributed by atoms with Gasteiger partial charge in [-0.25, -0.2) is 0 Å². The second-order valence-corrected chi connectivity index (χ2v) is 5.66. The molecule has 3 nitrogen and oxygen atoms in total. The van der Waals surface area contributed by atoms with Crippen molar-refractivity contribution in [3.8, 4) is 5.75 Å². The van der Waals surface area contributed by atoms with Gasteiger partial charge in [0.25, 0.3) is 0 Å². The van der Waals surface area contributed by atoms with E-state index >= 15 is 0 Å². The number of nitrogens with one attached hydrogen (secondary N) is 1. The molecule has 1 aromatic rings. The standard InChI is InChI=1S/C16H26BrNO2/c1-3-4-5-6-11-20-16-14(8-7-9-15(16)17)13-18-10-12-19-2/h7-9,18H,3-6,10-13H2,1-2H3. The Kier molecular flexibility index (Phi) is 9.71. The summed E-state index contributed by atoms with van der Waals surface area (Å²) in [6.45, 7) is 5.37. The summed E-state index contributed by atoms with van der Waals surface area (Å²) in [5.41, 5.74) is 1.19. The highest BCUT2D eigenvalue weighted by atomic mass is 79.9. The predicted octanol–water partition coefficient (Wildman–Crippen LogP) is 4.14. The number of halogens is 1. The van der Waals surface area contributed by atoms with Crippen LogP contribution in [-0.2, 0) is 11.3 Å². The van der Waals surface area contributed by atoms with Crippen LogP contribution in [0.5, 0.6) is 5.75 Å². The van der Waals surface area contributed by atoms with E-state index in [1.54, 1.807) is 7.11 Å². The number of methoxy groups -OCH3 is 1. The van der Waals surface area contributed by atoms with Crippen molar-refractivity contribution >= 4 is 15.9 Å². The average Bonchev–Trinajstić information content (AvgIpc) is 2.45. The van der Waals surface area contributed by atoms with Gasteiger partial charge in [0.2, 0.25) is 0 Å². The molecular weight excluding hydrogens is 318 g/mol. The molecule has 0 aliphatic heterocycles. The number of unbranched alkanes of at least 4 members (excludes halogenated alkanes) is 3. The summed E-state index contributed by atoms with van der Waals surface area (Å²) in [4.78, 5) is 0. The Hall–Kier alpha value is -0.580. The molecule has 0 saturated heterocycles. The number of rotatable bonds is 11. The van der Waals surface area contributed by atoms with E-state index in [-0.39, 0.29) is 0 Å². The lowest BCUT2D eigenvalue weighted by molar-refractivity contribution is 0.199. The summed E-state index contributed by atoms with van der Waals surface area (Å²) in [7, 11) is 1.71. The number of ether oxygens (including phenoxy) is 2. The Morgan fingerprint density at radius 1 is 1.15 bits per heavy atom. The highest BCUT2D eigenvalue weighted by Crippen LogP contribution is 2.29. The molecule has 1 N–H and O–H groups in total. The van der Waals surface area contributed by atoms with Crippen molar-refractivity contribution in [1.29, 1.82) is 0 Å². The lowest BCUT2D eigenvalue weighted by Gasteiger charge is -2.14. The molecule has 4 heteroatoms. The Labute approximate surface area is 131 Å². The predicted molar refractivity (Wildman–Crippen MR) is 87.4 cm³/mol. The molecule has 0 unspecified atom stereocenters. The van der Waals surface area contributed by atoms with Crippen molar-refractivity contribution in [2.45, 2.75) is 39.2 Å². The molecule has 0 aromatic heterocycles. The first kappa shape index (κ1) is 17.5. The zero-order valence-electron chi connectivity index (χ0n) is 12.6. The van der Waals surface area contributed by atoms with Crippen LogP contribution in [0.3, 0.4) is 0 Å². The van der Waals surface area contributed by atoms with Crippen LogP contribution in [0, 0.1) is 0 Å². The van der Waals surface area contributed by atoms with Gasteiger partial charge >= 0.3 is 0 Å². The second-order valence-electron chi connectivity index (χ2n) is 4.81. The molecule has 0 atom stereocenters. The largest absolute Gasteiger partial charge is 0.492 e. The fourth-order valence-electron chi connectivity index (χ4n) is 1.95. The molecule has 0 spiro atoms. The fraction of sp³-hybridized carbons (Fsp3) is 0.625. The summed E-state index contributed by atoms with van der Waals surface area (Å²) >= 11 is 3.58. The van der Waals surface area contributed by atoms with Crippen molar-refractivity contribution in [1.82, 2.24) is 5.32 Å². The third kappa shape index (κ3) is 6.73. The number of hydrogen-bond acceptors (Lipinski definition) is 3. The maximum Gasteiger partial charge on any atom is 0.137 e. The summed E-state index contributed by atoms with van der Waals surface area (Å²) in [6.07, 6.45) is 4.89. The van der Waals surface area contributed by atoms with Gasteiger partial charge in [-0.1, -0.05) is 38.3 Å². The van der Waals surface area contributed by atoms with Gasteiger partial charge in [0.15, 0.2) is 0 Å². The Morgan fingerprint density at radius 3 is 2.75 bits per heavy atom. The maximum absolute atomic E-state index is 5.95. The summed E-state index contributed by atoms with van der Waals surface area (Å²) in [5, 5.41) is 3.36. The van der Waals surface area contributed by atoms with Gasteiger partial charge in [-0.2, -0.15) is 0 Å². The van der Waals surface area contributed by atoms with Crippen molar-refractivity contribution in [3.63, 3.8) is 0 Å². The van der Waals surface area contributed by atoms with Crippen LogP contribution in [0.15, 0.2) is 22.7 Å². The van der Waals surface area contributed by atoms with Gasteiger partial charge in [-0.15, -0.1) is 0 Å². The van der Waals surface area contributed by atoms with Gasteiger partial charge in [0, 0.05) is 25.8 Å². The number of hydrogen-bond donors (Lipinski definition) is 1. The average molecular weight is 344 g/mol. The van der Waals surface area contributed by atoms with Crippen LogP contribution in [0.1, 0.15) is 38.2 Å². The zero-order chi connectivity index (χ0) is 14.6. The molecule has 114 valence electrons.